The van der Waals surface area contributed by atoms with Gasteiger partial charge in [-0.15, -0.1) is 0 Å². The number of hydrogen-bond donors (Lipinski definition) is 2. The van der Waals surface area contributed by atoms with Crippen LogP contribution in [0.1, 0.15) is 25.5 Å². The molecule has 5 nitrogen and oxygen atoms in total. The zero-order valence-electron chi connectivity index (χ0n) is 10.6. The third kappa shape index (κ3) is 2.36. The van der Waals surface area contributed by atoms with E-state index < -0.39 is 0 Å². The van der Waals surface area contributed by atoms with Gasteiger partial charge in [-0.1, -0.05) is 19.1 Å². The standard InChI is InChI=1S/C13H17N3O2/c1-3-14-9(2)10-5-4-6-11(7-10)16-12(17)8-15-13(16)18/h4-7,9,14H,3,8H2,1-2H3,(H,15,18). The molecule has 0 saturated carbocycles. The minimum Gasteiger partial charge on any atom is -0.328 e. The van der Waals surface area contributed by atoms with Crippen LogP contribution in [0.25, 0.3) is 0 Å². The molecule has 0 aromatic heterocycles. The Kier molecular flexibility index (Phi) is 3.62. The van der Waals surface area contributed by atoms with E-state index in [2.05, 4.69) is 17.6 Å². The first kappa shape index (κ1) is 12.6. The number of rotatable bonds is 4. The molecule has 1 aromatic rings. The van der Waals surface area contributed by atoms with Crippen molar-refractivity contribution < 1.29 is 9.59 Å². The summed E-state index contributed by atoms with van der Waals surface area (Å²) < 4.78 is 0. The summed E-state index contributed by atoms with van der Waals surface area (Å²) in [6, 6.07) is 7.32. The third-order valence-corrected chi connectivity index (χ3v) is 2.98. The smallest absolute Gasteiger partial charge is 0.328 e. The summed E-state index contributed by atoms with van der Waals surface area (Å²) in [6.45, 7) is 5.03. The van der Waals surface area contributed by atoms with E-state index in [1.165, 1.54) is 4.90 Å². The quantitative estimate of drug-likeness (QED) is 0.791. The average Bonchev–Trinajstić information content (AvgIpc) is 2.69. The minimum absolute atomic E-state index is 0.0752. The molecule has 0 spiro atoms. The Bertz CT molecular complexity index is 457. The maximum absolute atomic E-state index is 11.6. The van der Waals surface area contributed by atoms with Crippen molar-refractivity contribution in [1.29, 1.82) is 0 Å². The lowest BCUT2D eigenvalue weighted by Crippen LogP contribution is -2.30. The minimum atomic E-state index is -0.353. The topological polar surface area (TPSA) is 61.4 Å². The Labute approximate surface area is 106 Å². The molecule has 2 rings (SSSR count). The van der Waals surface area contributed by atoms with Crippen LogP contribution >= 0.6 is 0 Å². The summed E-state index contributed by atoms with van der Waals surface area (Å²) in [4.78, 5) is 24.4. The fourth-order valence-electron chi connectivity index (χ4n) is 2.04. The van der Waals surface area contributed by atoms with E-state index in [1.54, 1.807) is 6.07 Å². The van der Waals surface area contributed by atoms with E-state index in [4.69, 9.17) is 0 Å². The predicted molar refractivity (Wildman–Crippen MR) is 69.4 cm³/mol. The monoisotopic (exact) mass is 247 g/mol. The normalized spacial score (nSPS) is 16.9. The lowest BCUT2D eigenvalue weighted by molar-refractivity contribution is -0.115. The maximum Gasteiger partial charge on any atom is 0.329 e. The number of nitrogens with one attached hydrogen (secondary N) is 2. The molecule has 1 saturated heterocycles. The largest absolute Gasteiger partial charge is 0.329 e. The van der Waals surface area contributed by atoms with Crippen molar-refractivity contribution in [1.82, 2.24) is 10.6 Å². The molecule has 1 aromatic carbocycles. The van der Waals surface area contributed by atoms with Crippen LogP contribution in [0.4, 0.5) is 10.5 Å². The van der Waals surface area contributed by atoms with Gasteiger partial charge in [-0.05, 0) is 31.2 Å². The van der Waals surface area contributed by atoms with E-state index in [0.29, 0.717) is 5.69 Å². The van der Waals surface area contributed by atoms with Crippen LogP contribution in [0.5, 0.6) is 0 Å². The summed E-state index contributed by atoms with van der Waals surface area (Å²) in [6.07, 6.45) is 0. The molecule has 3 amide bonds. The highest BCUT2D eigenvalue weighted by molar-refractivity contribution is 6.19. The van der Waals surface area contributed by atoms with Crippen LogP contribution in [0.2, 0.25) is 0 Å². The van der Waals surface area contributed by atoms with Crippen LogP contribution in [0, 0.1) is 0 Å². The lowest BCUT2D eigenvalue weighted by Gasteiger charge is -2.17. The van der Waals surface area contributed by atoms with Crippen molar-refractivity contribution in [3.63, 3.8) is 0 Å². The van der Waals surface area contributed by atoms with E-state index in [-0.39, 0.29) is 24.5 Å². The maximum atomic E-state index is 11.6. The third-order valence-electron chi connectivity index (χ3n) is 2.98. The van der Waals surface area contributed by atoms with Gasteiger partial charge in [-0.3, -0.25) is 4.79 Å². The number of hydrogen-bond acceptors (Lipinski definition) is 3. The molecule has 0 radical (unpaired) electrons. The summed E-state index contributed by atoms with van der Waals surface area (Å²) in [5, 5.41) is 5.81. The number of imide groups is 1. The van der Waals surface area contributed by atoms with Crippen LogP contribution in [0.15, 0.2) is 24.3 Å². The Hall–Kier alpha value is -1.88. The SMILES string of the molecule is CCNC(C)c1cccc(N2C(=O)CNC2=O)c1. The number of amides is 3. The van der Waals surface area contributed by atoms with E-state index in [9.17, 15) is 9.59 Å². The molecule has 1 fully saturated rings. The molecule has 2 N–H and O–H groups in total. The van der Waals surface area contributed by atoms with Crippen LogP contribution in [-0.2, 0) is 4.79 Å². The molecule has 1 atom stereocenters. The molecule has 18 heavy (non-hydrogen) atoms. The first-order valence-electron chi connectivity index (χ1n) is 6.07. The van der Waals surface area contributed by atoms with Gasteiger partial charge in [0.1, 0.15) is 0 Å². The van der Waals surface area contributed by atoms with Crippen molar-refractivity contribution in [3.05, 3.63) is 29.8 Å². The van der Waals surface area contributed by atoms with E-state index >= 15 is 0 Å². The van der Waals surface area contributed by atoms with Crippen LogP contribution in [0.3, 0.4) is 0 Å². The molecule has 96 valence electrons. The fourth-order valence-corrected chi connectivity index (χ4v) is 2.04. The number of nitrogens with zero attached hydrogens (tertiary/aromatic N) is 1. The molecule has 1 heterocycles. The molecule has 0 bridgehead atoms. The first-order chi connectivity index (χ1) is 8.63. The van der Waals surface area contributed by atoms with Crippen LogP contribution < -0.4 is 15.5 Å². The molecule has 1 aliphatic heterocycles. The van der Waals surface area contributed by atoms with E-state index in [0.717, 1.165) is 12.1 Å². The van der Waals surface area contributed by atoms with Gasteiger partial charge in [-0.2, -0.15) is 0 Å². The van der Waals surface area contributed by atoms with Gasteiger partial charge in [0.2, 0.25) is 0 Å². The zero-order chi connectivity index (χ0) is 13.1. The summed E-state index contributed by atoms with van der Waals surface area (Å²) in [5.74, 6) is -0.215. The molecule has 1 aliphatic rings. The number of urea groups is 1. The van der Waals surface area contributed by atoms with Gasteiger partial charge in [0.25, 0.3) is 5.91 Å². The number of carbonyl (C=O) groups excluding carboxylic acids is 2. The van der Waals surface area contributed by atoms with Crippen molar-refractivity contribution in [3.8, 4) is 0 Å². The van der Waals surface area contributed by atoms with E-state index in [1.807, 2.05) is 25.1 Å². The molecule has 5 heteroatoms. The molecule has 1 unspecified atom stereocenters. The van der Waals surface area contributed by atoms with Gasteiger partial charge in [0.05, 0.1) is 12.2 Å². The van der Waals surface area contributed by atoms with Crippen molar-refractivity contribution >= 4 is 17.6 Å². The number of anilines is 1. The Balaban J connectivity index is 2.27. The highest BCUT2D eigenvalue weighted by Gasteiger charge is 2.30. The second-order valence-electron chi connectivity index (χ2n) is 4.26. The van der Waals surface area contributed by atoms with Crippen LogP contribution in [-0.4, -0.2) is 25.0 Å². The second-order valence-corrected chi connectivity index (χ2v) is 4.26. The first-order valence-corrected chi connectivity index (χ1v) is 6.07. The lowest BCUT2D eigenvalue weighted by atomic mass is 10.1. The summed E-state index contributed by atoms with van der Waals surface area (Å²) >= 11 is 0. The molecule has 0 aliphatic carbocycles. The second kappa shape index (κ2) is 5.18. The zero-order valence-corrected chi connectivity index (χ0v) is 10.6. The Morgan fingerprint density at radius 2 is 2.22 bits per heavy atom. The van der Waals surface area contributed by atoms with Gasteiger partial charge in [-0.25, -0.2) is 9.69 Å². The van der Waals surface area contributed by atoms with Gasteiger partial charge >= 0.3 is 6.03 Å². The van der Waals surface area contributed by atoms with Gasteiger partial charge in [0.15, 0.2) is 0 Å². The van der Waals surface area contributed by atoms with Crippen molar-refractivity contribution in [2.75, 3.05) is 18.0 Å². The number of benzene rings is 1. The summed E-state index contributed by atoms with van der Waals surface area (Å²) in [5.41, 5.74) is 1.68. The Morgan fingerprint density at radius 1 is 1.44 bits per heavy atom. The van der Waals surface area contributed by atoms with Gasteiger partial charge < -0.3 is 10.6 Å². The van der Waals surface area contributed by atoms with Crippen molar-refractivity contribution in [2.24, 2.45) is 0 Å². The highest BCUT2D eigenvalue weighted by Crippen LogP contribution is 2.22. The molecular weight excluding hydrogens is 230 g/mol. The average molecular weight is 247 g/mol. The molecular formula is C13H17N3O2. The highest BCUT2D eigenvalue weighted by atomic mass is 16.2. The number of carbonyl (C=O) groups is 2. The van der Waals surface area contributed by atoms with Crippen molar-refractivity contribution in [2.45, 2.75) is 19.9 Å². The fraction of sp³-hybridized carbons (Fsp3) is 0.385. The predicted octanol–water partition coefficient (Wildman–Crippen LogP) is 1.41. The van der Waals surface area contributed by atoms with Gasteiger partial charge in [0, 0.05) is 6.04 Å². The Morgan fingerprint density at radius 3 is 2.83 bits per heavy atom. The summed E-state index contributed by atoms with van der Waals surface area (Å²) in [7, 11) is 0.